The van der Waals surface area contributed by atoms with Gasteiger partial charge in [0.15, 0.2) is 0 Å². The molecule has 2 aliphatic rings. The van der Waals surface area contributed by atoms with Gasteiger partial charge in [-0.25, -0.2) is 4.39 Å². The van der Waals surface area contributed by atoms with Gasteiger partial charge in [-0.1, -0.05) is 19.3 Å². The third-order valence-corrected chi connectivity index (χ3v) is 4.26. The van der Waals surface area contributed by atoms with E-state index in [0.717, 1.165) is 6.04 Å². The molecule has 1 aromatic carbocycles. The Morgan fingerprint density at radius 1 is 0.947 bits per heavy atom. The lowest BCUT2D eigenvalue weighted by Crippen LogP contribution is -2.38. The molecule has 0 saturated heterocycles. The minimum Gasteiger partial charge on any atom is -0.463 e. The van der Waals surface area contributed by atoms with Gasteiger partial charge in [-0.2, -0.15) is 0 Å². The first-order valence-corrected chi connectivity index (χ1v) is 7.45. The van der Waals surface area contributed by atoms with Crippen molar-refractivity contribution in [1.82, 2.24) is 0 Å². The summed E-state index contributed by atoms with van der Waals surface area (Å²) in [5.41, 5.74) is 1.28. The van der Waals surface area contributed by atoms with Crippen molar-refractivity contribution >= 4 is 5.69 Å². The molecule has 3 heteroatoms. The molecule has 2 nitrogen and oxygen atoms in total. The Kier molecular flexibility index (Phi) is 3.90. The molecular weight excluding hydrogens is 241 g/mol. The smallest absolute Gasteiger partial charge is 0.228 e. The molecule has 0 atom stereocenters. The predicted molar refractivity (Wildman–Crippen MR) is 75.4 cm³/mol. The fourth-order valence-corrected chi connectivity index (χ4v) is 3.21. The third kappa shape index (κ3) is 3.02. The molecule has 0 heterocycles. The van der Waals surface area contributed by atoms with Gasteiger partial charge in [0.05, 0.1) is 0 Å². The standard InChI is InChI=1S/C16H22FNO/c17-12-19-16-10-8-15(9-11-16)18(14-6-7-14)13-4-2-1-3-5-13/h8-11,13-14H,1-7,12H2. The van der Waals surface area contributed by atoms with Crippen molar-refractivity contribution in [2.75, 3.05) is 11.8 Å². The predicted octanol–water partition coefficient (Wildman–Crippen LogP) is 4.29. The van der Waals surface area contributed by atoms with E-state index >= 15 is 0 Å². The monoisotopic (exact) mass is 263 g/mol. The third-order valence-electron chi connectivity index (χ3n) is 4.26. The summed E-state index contributed by atoms with van der Waals surface area (Å²) in [5, 5.41) is 0. The van der Waals surface area contributed by atoms with E-state index < -0.39 is 6.86 Å². The molecule has 0 unspecified atom stereocenters. The summed E-state index contributed by atoms with van der Waals surface area (Å²) in [6.45, 7) is -0.756. The Balaban J connectivity index is 1.75. The highest BCUT2D eigenvalue weighted by atomic mass is 19.1. The van der Waals surface area contributed by atoms with E-state index in [4.69, 9.17) is 4.74 Å². The molecule has 2 aliphatic carbocycles. The topological polar surface area (TPSA) is 12.5 Å². The molecule has 0 aromatic heterocycles. The number of anilines is 1. The van der Waals surface area contributed by atoms with E-state index in [1.54, 1.807) is 0 Å². The van der Waals surface area contributed by atoms with Crippen molar-refractivity contribution < 1.29 is 9.13 Å². The first-order valence-electron chi connectivity index (χ1n) is 7.45. The van der Waals surface area contributed by atoms with E-state index in [0.29, 0.717) is 11.8 Å². The Bertz CT molecular complexity index is 396. The van der Waals surface area contributed by atoms with Crippen LogP contribution in [-0.2, 0) is 0 Å². The molecule has 0 radical (unpaired) electrons. The Morgan fingerprint density at radius 3 is 2.16 bits per heavy atom. The van der Waals surface area contributed by atoms with E-state index in [1.165, 1.54) is 50.6 Å². The van der Waals surface area contributed by atoms with Crippen molar-refractivity contribution in [2.24, 2.45) is 0 Å². The van der Waals surface area contributed by atoms with Crippen molar-refractivity contribution in [3.05, 3.63) is 24.3 Å². The quantitative estimate of drug-likeness (QED) is 0.785. The summed E-state index contributed by atoms with van der Waals surface area (Å²) in [6, 6.07) is 9.36. The summed E-state index contributed by atoms with van der Waals surface area (Å²) in [5.74, 6) is 0.616. The molecule has 2 fully saturated rings. The number of ether oxygens (including phenoxy) is 1. The van der Waals surface area contributed by atoms with Gasteiger partial charge in [0, 0.05) is 17.8 Å². The summed E-state index contributed by atoms with van der Waals surface area (Å²) >= 11 is 0. The Labute approximate surface area is 114 Å². The number of alkyl halides is 1. The van der Waals surface area contributed by atoms with Crippen molar-refractivity contribution in [3.63, 3.8) is 0 Å². The van der Waals surface area contributed by atoms with Gasteiger partial charge in [-0.3, -0.25) is 0 Å². The van der Waals surface area contributed by atoms with Gasteiger partial charge in [-0.15, -0.1) is 0 Å². The SMILES string of the molecule is FCOc1ccc(N(C2CCCCC2)C2CC2)cc1. The number of nitrogens with zero attached hydrogens (tertiary/aromatic N) is 1. The molecule has 0 N–H and O–H groups in total. The number of hydrogen-bond donors (Lipinski definition) is 0. The van der Waals surface area contributed by atoms with Crippen LogP contribution in [0.5, 0.6) is 5.75 Å². The van der Waals surface area contributed by atoms with Crippen molar-refractivity contribution in [3.8, 4) is 5.75 Å². The van der Waals surface area contributed by atoms with Crippen LogP contribution in [0.1, 0.15) is 44.9 Å². The highest BCUT2D eigenvalue weighted by Gasteiger charge is 2.34. The van der Waals surface area contributed by atoms with Gasteiger partial charge in [0.2, 0.25) is 6.86 Å². The van der Waals surface area contributed by atoms with Gasteiger partial charge in [-0.05, 0) is 49.9 Å². The van der Waals surface area contributed by atoms with Gasteiger partial charge >= 0.3 is 0 Å². The average molecular weight is 263 g/mol. The lowest BCUT2D eigenvalue weighted by Gasteiger charge is -2.36. The van der Waals surface area contributed by atoms with Crippen LogP contribution >= 0.6 is 0 Å². The summed E-state index contributed by atoms with van der Waals surface area (Å²) < 4.78 is 17.0. The summed E-state index contributed by atoms with van der Waals surface area (Å²) in [7, 11) is 0. The zero-order valence-electron chi connectivity index (χ0n) is 11.4. The lowest BCUT2D eigenvalue weighted by molar-refractivity contribution is 0.192. The molecule has 0 spiro atoms. The first-order chi connectivity index (χ1) is 9.38. The second-order valence-electron chi connectivity index (χ2n) is 5.68. The molecule has 0 bridgehead atoms. The van der Waals surface area contributed by atoms with Gasteiger partial charge in [0.1, 0.15) is 5.75 Å². The number of halogens is 1. The molecule has 3 rings (SSSR count). The average Bonchev–Trinajstić information content (AvgIpc) is 3.27. The number of hydrogen-bond acceptors (Lipinski definition) is 2. The normalized spacial score (nSPS) is 20.3. The minimum atomic E-state index is -0.756. The highest BCUT2D eigenvalue weighted by Crippen LogP contribution is 2.38. The fourth-order valence-electron chi connectivity index (χ4n) is 3.21. The number of rotatable bonds is 5. The zero-order chi connectivity index (χ0) is 13.1. The molecule has 1 aromatic rings. The van der Waals surface area contributed by atoms with Crippen LogP contribution in [0.15, 0.2) is 24.3 Å². The Hall–Kier alpha value is -1.25. The highest BCUT2D eigenvalue weighted by molar-refractivity contribution is 5.52. The van der Waals surface area contributed by atoms with E-state index in [-0.39, 0.29) is 0 Å². The summed E-state index contributed by atoms with van der Waals surface area (Å²) in [6.07, 6.45) is 9.38. The molecule has 19 heavy (non-hydrogen) atoms. The van der Waals surface area contributed by atoms with E-state index in [2.05, 4.69) is 17.0 Å². The van der Waals surface area contributed by atoms with Crippen molar-refractivity contribution in [2.45, 2.75) is 57.0 Å². The van der Waals surface area contributed by atoms with Gasteiger partial charge in [0.25, 0.3) is 0 Å². The van der Waals surface area contributed by atoms with Crippen LogP contribution in [-0.4, -0.2) is 18.9 Å². The maximum atomic E-state index is 12.1. The Morgan fingerprint density at radius 2 is 1.58 bits per heavy atom. The van der Waals surface area contributed by atoms with E-state index in [1.807, 2.05) is 12.1 Å². The molecular formula is C16H22FNO. The maximum absolute atomic E-state index is 12.1. The molecule has 104 valence electrons. The second kappa shape index (κ2) is 5.81. The minimum absolute atomic E-state index is 0.616. The van der Waals surface area contributed by atoms with Crippen LogP contribution in [0.2, 0.25) is 0 Å². The maximum Gasteiger partial charge on any atom is 0.228 e. The van der Waals surface area contributed by atoms with Crippen LogP contribution in [0.3, 0.4) is 0 Å². The largest absolute Gasteiger partial charge is 0.463 e. The van der Waals surface area contributed by atoms with Gasteiger partial charge < -0.3 is 9.64 Å². The molecule has 0 amide bonds. The fraction of sp³-hybridized carbons (Fsp3) is 0.625. The van der Waals surface area contributed by atoms with Crippen LogP contribution in [0.25, 0.3) is 0 Å². The number of benzene rings is 1. The molecule has 0 aliphatic heterocycles. The lowest BCUT2D eigenvalue weighted by atomic mass is 9.93. The van der Waals surface area contributed by atoms with Crippen LogP contribution in [0, 0.1) is 0 Å². The van der Waals surface area contributed by atoms with Crippen LogP contribution in [0.4, 0.5) is 10.1 Å². The van der Waals surface area contributed by atoms with Crippen molar-refractivity contribution in [1.29, 1.82) is 0 Å². The van der Waals surface area contributed by atoms with E-state index in [9.17, 15) is 4.39 Å². The second-order valence-corrected chi connectivity index (χ2v) is 5.68. The summed E-state index contributed by atoms with van der Waals surface area (Å²) in [4.78, 5) is 2.61. The first kappa shape index (κ1) is 12.8. The molecule has 2 saturated carbocycles. The zero-order valence-corrected chi connectivity index (χ0v) is 11.4. The van der Waals surface area contributed by atoms with Crippen LogP contribution < -0.4 is 9.64 Å².